The van der Waals surface area contributed by atoms with E-state index in [-0.39, 0.29) is 11.3 Å². The molecule has 0 aromatic heterocycles. The van der Waals surface area contributed by atoms with E-state index >= 15 is 0 Å². The second-order valence-corrected chi connectivity index (χ2v) is 4.81. The predicted octanol–water partition coefficient (Wildman–Crippen LogP) is 3.41. The van der Waals surface area contributed by atoms with Crippen LogP contribution in [0.4, 0.5) is 5.69 Å². The summed E-state index contributed by atoms with van der Waals surface area (Å²) in [5.41, 5.74) is 4.28. The smallest absolute Gasteiger partial charge is 0.267 e. The number of non-ortho nitro benzene ring substituents is 1. The van der Waals surface area contributed by atoms with Crippen LogP contribution >= 0.6 is 0 Å². The zero-order valence-electron chi connectivity index (χ0n) is 12.5. The van der Waals surface area contributed by atoms with Gasteiger partial charge in [0.05, 0.1) is 11.1 Å². The molecule has 2 rings (SSSR count). The van der Waals surface area contributed by atoms with Crippen molar-refractivity contribution in [3.63, 3.8) is 0 Å². The second-order valence-electron chi connectivity index (χ2n) is 4.81. The standard InChI is InChI=1S/C17H15N3O3/c1-13(10-14-6-3-2-4-7-14)12-18-19-17(21)15-8-5-9-16(11-15)20(22)23/h2-12H,1H3,(H,19,21)/b13-10-,18-12-. The van der Waals surface area contributed by atoms with Crippen LogP contribution in [0, 0.1) is 10.1 Å². The maximum Gasteiger partial charge on any atom is 0.271 e. The van der Waals surface area contributed by atoms with E-state index in [0.717, 1.165) is 11.1 Å². The summed E-state index contributed by atoms with van der Waals surface area (Å²) < 4.78 is 0. The first kappa shape index (κ1) is 16.1. The third-order valence-electron chi connectivity index (χ3n) is 2.95. The maximum absolute atomic E-state index is 11.9. The number of nitro benzene ring substituents is 1. The molecule has 2 aromatic carbocycles. The summed E-state index contributed by atoms with van der Waals surface area (Å²) >= 11 is 0. The van der Waals surface area contributed by atoms with Crippen LogP contribution in [0.5, 0.6) is 0 Å². The number of nitrogens with zero attached hydrogens (tertiary/aromatic N) is 2. The van der Waals surface area contributed by atoms with Crippen molar-refractivity contribution in [3.8, 4) is 0 Å². The van der Waals surface area contributed by atoms with Gasteiger partial charge in [0.25, 0.3) is 11.6 Å². The molecule has 0 radical (unpaired) electrons. The lowest BCUT2D eigenvalue weighted by Gasteiger charge is -2.00. The molecule has 0 spiro atoms. The Bertz CT molecular complexity index is 768. The van der Waals surface area contributed by atoms with E-state index in [4.69, 9.17) is 0 Å². The number of benzene rings is 2. The Morgan fingerprint density at radius 1 is 1.17 bits per heavy atom. The van der Waals surface area contributed by atoms with E-state index in [1.54, 1.807) is 0 Å². The van der Waals surface area contributed by atoms with Gasteiger partial charge in [0.15, 0.2) is 0 Å². The number of hydrazone groups is 1. The van der Waals surface area contributed by atoms with Gasteiger partial charge in [-0.05, 0) is 24.1 Å². The largest absolute Gasteiger partial charge is 0.271 e. The SMILES string of the molecule is CC(/C=N\NC(=O)c1cccc([N+](=O)[O-])c1)=C/c1ccccc1. The molecular formula is C17H15N3O3. The Labute approximate surface area is 133 Å². The summed E-state index contributed by atoms with van der Waals surface area (Å²) in [4.78, 5) is 22.0. The molecule has 0 atom stereocenters. The summed E-state index contributed by atoms with van der Waals surface area (Å²) in [6, 6.07) is 15.2. The number of hydrogen-bond donors (Lipinski definition) is 1. The molecule has 0 aliphatic heterocycles. The average Bonchev–Trinajstić information content (AvgIpc) is 2.55. The van der Waals surface area contributed by atoms with Crippen LogP contribution < -0.4 is 5.43 Å². The first-order chi connectivity index (χ1) is 11.1. The van der Waals surface area contributed by atoms with E-state index in [1.165, 1.54) is 30.5 Å². The minimum atomic E-state index is -0.549. The fourth-order valence-corrected chi connectivity index (χ4v) is 1.87. The van der Waals surface area contributed by atoms with Gasteiger partial charge in [0.1, 0.15) is 0 Å². The molecule has 0 aliphatic carbocycles. The van der Waals surface area contributed by atoms with Gasteiger partial charge in [-0.15, -0.1) is 0 Å². The molecule has 0 saturated heterocycles. The lowest BCUT2D eigenvalue weighted by molar-refractivity contribution is -0.384. The topological polar surface area (TPSA) is 84.6 Å². The quantitative estimate of drug-likeness (QED) is 0.522. The number of carbonyl (C=O) groups is 1. The Hall–Kier alpha value is -3.28. The number of hydrogen-bond acceptors (Lipinski definition) is 4. The molecule has 6 heteroatoms. The Morgan fingerprint density at radius 3 is 2.61 bits per heavy atom. The van der Waals surface area contributed by atoms with E-state index in [0.29, 0.717) is 0 Å². The minimum absolute atomic E-state index is 0.137. The van der Waals surface area contributed by atoms with Crippen LogP contribution in [0.2, 0.25) is 0 Å². The molecule has 6 nitrogen and oxygen atoms in total. The minimum Gasteiger partial charge on any atom is -0.267 e. The number of allylic oxidation sites excluding steroid dienone is 1. The van der Waals surface area contributed by atoms with E-state index in [9.17, 15) is 14.9 Å². The van der Waals surface area contributed by atoms with Crippen LogP contribution in [-0.4, -0.2) is 17.0 Å². The fourth-order valence-electron chi connectivity index (χ4n) is 1.87. The highest BCUT2D eigenvalue weighted by Gasteiger charge is 2.10. The lowest BCUT2D eigenvalue weighted by Crippen LogP contribution is -2.17. The Balaban J connectivity index is 2.00. The highest BCUT2D eigenvalue weighted by atomic mass is 16.6. The van der Waals surface area contributed by atoms with Gasteiger partial charge in [0, 0.05) is 17.7 Å². The molecule has 1 N–H and O–H groups in total. The Kier molecular flexibility index (Phi) is 5.35. The first-order valence-corrected chi connectivity index (χ1v) is 6.87. The third kappa shape index (κ3) is 4.89. The van der Waals surface area contributed by atoms with Gasteiger partial charge >= 0.3 is 0 Å². The van der Waals surface area contributed by atoms with Gasteiger partial charge in [-0.2, -0.15) is 5.10 Å². The predicted molar refractivity (Wildman–Crippen MR) is 89.1 cm³/mol. The maximum atomic E-state index is 11.9. The summed E-state index contributed by atoms with van der Waals surface area (Å²) in [6.45, 7) is 1.86. The summed E-state index contributed by atoms with van der Waals surface area (Å²) in [5, 5.41) is 14.5. The average molecular weight is 309 g/mol. The van der Waals surface area contributed by atoms with Crippen molar-refractivity contribution in [2.45, 2.75) is 6.92 Å². The van der Waals surface area contributed by atoms with Crippen molar-refractivity contribution in [2.75, 3.05) is 0 Å². The molecule has 0 bridgehead atoms. The molecule has 23 heavy (non-hydrogen) atoms. The van der Waals surface area contributed by atoms with E-state index in [2.05, 4.69) is 10.5 Å². The van der Waals surface area contributed by atoms with Crippen molar-refractivity contribution in [1.82, 2.24) is 5.43 Å². The van der Waals surface area contributed by atoms with Crippen LogP contribution in [0.25, 0.3) is 6.08 Å². The number of nitrogens with one attached hydrogen (secondary N) is 1. The second kappa shape index (κ2) is 7.65. The normalized spacial score (nSPS) is 11.4. The zero-order chi connectivity index (χ0) is 16.7. The van der Waals surface area contributed by atoms with E-state index < -0.39 is 10.8 Å². The van der Waals surface area contributed by atoms with Crippen molar-refractivity contribution >= 4 is 23.9 Å². The molecule has 0 aliphatic rings. The van der Waals surface area contributed by atoms with Crippen molar-refractivity contribution in [2.24, 2.45) is 5.10 Å². The van der Waals surface area contributed by atoms with E-state index in [1.807, 2.05) is 43.3 Å². The number of nitro groups is 1. The van der Waals surface area contributed by atoms with Crippen LogP contribution in [0.3, 0.4) is 0 Å². The van der Waals surface area contributed by atoms with Gasteiger partial charge in [-0.25, -0.2) is 5.43 Å². The monoisotopic (exact) mass is 309 g/mol. The summed E-state index contributed by atoms with van der Waals surface area (Å²) in [6.07, 6.45) is 3.44. The van der Waals surface area contributed by atoms with Crippen molar-refractivity contribution in [1.29, 1.82) is 0 Å². The molecule has 0 fully saturated rings. The number of rotatable bonds is 5. The number of carbonyl (C=O) groups excluding carboxylic acids is 1. The van der Waals surface area contributed by atoms with Crippen molar-refractivity contribution in [3.05, 3.63) is 81.4 Å². The van der Waals surface area contributed by atoms with Gasteiger partial charge < -0.3 is 0 Å². The molecule has 0 unspecified atom stereocenters. The summed E-state index contributed by atoms with van der Waals surface area (Å²) in [7, 11) is 0. The third-order valence-corrected chi connectivity index (χ3v) is 2.95. The van der Waals surface area contributed by atoms with Crippen molar-refractivity contribution < 1.29 is 9.72 Å². The lowest BCUT2D eigenvalue weighted by atomic mass is 10.1. The highest BCUT2D eigenvalue weighted by molar-refractivity contribution is 5.95. The zero-order valence-corrected chi connectivity index (χ0v) is 12.5. The molecule has 0 saturated carbocycles. The Morgan fingerprint density at radius 2 is 1.91 bits per heavy atom. The summed E-state index contributed by atoms with van der Waals surface area (Å²) in [5.74, 6) is -0.502. The molecule has 116 valence electrons. The number of amides is 1. The van der Waals surface area contributed by atoms with Gasteiger partial charge in [0.2, 0.25) is 0 Å². The van der Waals surface area contributed by atoms with Gasteiger partial charge in [-0.1, -0.05) is 42.5 Å². The molecule has 1 amide bonds. The van der Waals surface area contributed by atoms with Crippen LogP contribution in [0.15, 0.2) is 65.3 Å². The highest BCUT2D eigenvalue weighted by Crippen LogP contribution is 2.12. The van der Waals surface area contributed by atoms with Crippen LogP contribution in [-0.2, 0) is 0 Å². The fraction of sp³-hybridized carbons (Fsp3) is 0.0588. The van der Waals surface area contributed by atoms with Crippen LogP contribution in [0.1, 0.15) is 22.8 Å². The molecule has 2 aromatic rings. The molecule has 0 heterocycles. The molecular weight excluding hydrogens is 294 g/mol. The first-order valence-electron chi connectivity index (χ1n) is 6.87. The van der Waals surface area contributed by atoms with Gasteiger partial charge in [-0.3, -0.25) is 14.9 Å².